The fourth-order valence-corrected chi connectivity index (χ4v) is 8.51. The Balaban J connectivity index is 1.30. The van der Waals surface area contributed by atoms with Gasteiger partial charge in [-0.15, -0.1) is 0 Å². The first-order valence-corrected chi connectivity index (χ1v) is 16.4. The number of nitrogens with zero attached hydrogens (tertiary/aromatic N) is 3. The summed E-state index contributed by atoms with van der Waals surface area (Å²) in [7, 11) is 0. The molecular formula is C42H27N3S. The molecule has 9 aromatic rings. The second-order valence-corrected chi connectivity index (χ2v) is 12.9. The van der Waals surface area contributed by atoms with Gasteiger partial charge in [0, 0.05) is 54.1 Å². The molecule has 0 saturated carbocycles. The molecule has 0 N–H and O–H groups in total. The summed E-state index contributed by atoms with van der Waals surface area (Å²) in [5.74, 6) is 0. The predicted molar refractivity (Wildman–Crippen MR) is 194 cm³/mol. The van der Waals surface area contributed by atoms with Gasteiger partial charge in [0.05, 0.1) is 27.8 Å². The first-order chi connectivity index (χ1) is 22.8. The van der Waals surface area contributed by atoms with E-state index in [0.29, 0.717) is 0 Å². The van der Waals surface area contributed by atoms with Crippen molar-refractivity contribution in [2.24, 2.45) is 0 Å². The summed E-state index contributed by atoms with van der Waals surface area (Å²) >= 11 is 1.88. The highest BCUT2D eigenvalue weighted by molar-refractivity contribution is 7.99. The smallest absolute Gasteiger partial charge is 0.0688 e. The van der Waals surface area contributed by atoms with E-state index in [2.05, 4.69) is 178 Å². The predicted octanol–water partition coefficient (Wildman–Crippen LogP) is 11.8. The van der Waals surface area contributed by atoms with Crippen LogP contribution in [0.2, 0.25) is 0 Å². The van der Waals surface area contributed by atoms with E-state index in [1.807, 2.05) is 11.8 Å². The lowest BCUT2D eigenvalue weighted by Gasteiger charge is -2.26. The molecule has 46 heavy (non-hydrogen) atoms. The van der Waals surface area contributed by atoms with Gasteiger partial charge in [0.25, 0.3) is 0 Å². The average Bonchev–Trinajstić information content (AvgIpc) is 3.63. The quantitative estimate of drug-likeness (QED) is 0.198. The average molecular weight is 606 g/mol. The van der Waals surface area contributed by atoms with Gasteiger partial charge in [-0.25, -0.2) is 0 Å². The molecule has 3 heterocycles. The zero-order valence-corrected chi connectivity index (χ0v) is 25.7. The van der Waals surface area contributed by atoms with Crippen molar-refractivity contribution in [3.8, 4) is 11.4 Å². The van der Waals surface area contributed by atoms with Gasteiger partial charge in [-0.3, -0.25) is 0 Å². The van der Waals surface area contributed by atoms with Gasteiger partial charge in [-0.2, -0.15) is 0 Å². The normalized spacial score (nSPS) is 12.3. The van der Waals surface area contributed by atoms with Crippen LogP contribution in [0.15, 0.2) is 174 Å². The molecule has 0 fully saturated rings. The Bertz CT molecular complexity index is 2580. The van der Waals surface area contributed by atoms with Crippen LogP contribution in [-0.4, -0.2) is 9.13 Å². The largest absolute Gasteiger partial charge is 0.310 e. The number of fused-ring (bicyclic) bond motifs is 9. The first kappa shape index (κ1) is 25.6. The van der Waals surface area contributed by atoms with Crippen molar-refractivity contribution in [3.63, 3.8) is 0 Å². The maximum absolute atomic E-state index is 2.48. The van der Waals surface area contributed by atoms with Crippen molar-refractivity contribution >= 4 is 72.4 Å². The van der Waals surface area contributed by atoms with Crippen LogP contribution in [0.25, 0.3) is 55.0 Å². The topological polar surface area (TPSA) is 13.1 Å². The van der Waals surface area contributed by atoms with Gasteiger partial charge in [0.2, 0.25) is 0 Å². The number of aromatic nitrogens is 2. The Morgan fingerprint density at radius 1 is 0.413 bits per heavy atom. The molecule has 0 aliphatic carbocycles. The molecule has 3 nitrogen and oxygen atoms in total. The van der Waals surface area contributed by atoms with Crippen LogP contribution in [0.4, 0.5) is 17.1 Å². The van der Waals surface area contributed by atoms with E-state index in [4.69, 9.17) is 0 Å². The van der Waals surface area contributed by atoms with E-state index in [1.54, 1.807) is 0 Å². The van der Waals surface area contributed by atoms with E-state index >= 15 is 0 Å². The molecule has 0 unspecified atom stereocenters. The van der Waals surface area contributed by atoms with Crippen molar-refractivity contribution in [1.29, 1.82) is 0 Å². The highest BCUT2D eigenvalue weighted by Gasteiger charge is 2.27. The molecule has 0 amide bonds. The molecule has 0 spiro atoms. The second-order valence-electron chi connectivity index (χ2n) is 11.8. The minimum absolute atomic E-state index is 1.11. The molecular weight excluding hydrogens is 579 g/mol. The van der Waals surface area contributed by atoms with Crippen LogP contribution in [-0.2, 0) is 0 Å². The van der Waals surface area contributed by atoms with Crippen LogP contribution in [0.1, 0.15) is 0 Å². The van der Waals surface area contributed by atoms with E-state index in [-0.39, 0.29) is 0 Å². The van der Waals surface area contributed by atoms with E-state index in [9.17, 15) is 0 Å². The minimum Gasteiger partial charge on any atom is -0.310 e. The van der Waals surface area contributed by atoms with Gasteiger partial charge >= 0.3 is 0 Å². The maximum atomic E-state index is 2.48. The number of rotatable bonds is 4. The van der Waals surface area contributed by atoms with Crippen LogP contribution in [0.3, 0.4) is 0 Å². The lowest BCUT2D eigenvalue weighted by atomic mass is 10.1. The maximum Gasteiger partial charge on any atom is 0.0688 e. The van der Waals surface area contributed by atoms with Gasteiger partial charge < -0.3 is 14.0 Å². The molecule has 0 bridgehead atoms. The third-order valence-electron chi connectivity index (χ3n) is 9.24. The summed E-state index contributed by atoms with van der Waals surface area (Å²) in [6, 6.07) is 59.2. The van der Waals surface area contributed by atoms with Crippen LogP contribution in [0, 0.1) is 0 Å². The summed E-state index contributed by atoms with van der Waals surface area (Å²) < 4.78 is 4.95. The second kappa shape index (κ2) is 9.90. The van der Waals surface area contributed by atoms with E-state index < -0.39 is 0 Å². The molecule has 1 aliphatic heterocycles. The fourth-order valence-electron chi connectivity index (χ4n) is 7.40. The van der Waals surface area contributed by atoms with Crippen LogP contribution in [0.5, 0.6) is 0 Å². The van der Waals surface area contributed by atoms with Crippen molar-refractivity contribution in [2.75, 3.05) is 4.90 Å². The lowest BCUT2D eigenvalue weighted by Crippen LogP contribution is -2.10. The molecule has 1 aliphatic rings. The third kappa shape index (κ3) is 3.62. The Hall–Kier alpha value is -5.71. The standard InChI is InChI=1S/C42H27N3S/c1-3-14-28(15-4-1)43(29-16-5-2-6-17-29)30-18-13-19-31(26-30)44-34-22-9-7-20-32(34)40-37(44)27-39-42-41(40)33-21-8-10-23-35(33)45(42)36-24-11-12-25-38(36)46-39/h1-27H. The number of para-hydroxylation sites is 5. The summed E-state index contributed by atoms with van der Waals surface area (Å²) in [4.78, 5) is 4.90. The number of anilines is 3. The van der Waals surface area contributed by atoms with Crippen molar-refractivity contribution in [3.05, 3.63) is 164 Å². The van der Waals surface area contributed by atoms with Crippen LogP contribution >= 0.6 is 11.8 Å². The molecule has 0 saturated heterocycles. The molecule has 0 radical (unpaired) electrons. The van der Waals surface area contributed by atoms with Gasteiger partial charge in [-0.1, -0.05) is 103 Å². The third-order valence-corrected chi connectivity index (χ3v) is 10.3. The SMILES string of the molecule is c1ccc(N(c2ccccc2)c2cccc(-n3c4ccccc4c4c5c6ccccc6n6c5c(cc43)Sc3ccccc3-6)c2)cc1. The monoisotopic (exact) mass is 605 g/mol. The zero-order valence-electron chi connectivity index (χ0n) is 24.8. The molecule has 216 valence electrons. The van der Waals surface area contributed by atoms with E-state index in [1.165, 1.54) is 59.1 Å². The summed E-state index contributed by atoms with van der Waals surface area (Å²) in [6.45, 7) is 0. The summed E-state index contributed by atoms with van der Waals surface area (Å²) in [6.07, 6.45) is 0. The minimum atomic E-state index is 1.11. The summed E-state index contributed by atoms with van der Waals surface area (Å²) in [5.41, 5.74) is 10.7. The lowest BCUT2D eigenvalue weighted by molar-refractivity contribution is 1.09. The van der Waals surface area contributed by atoms with E-state index in [0.717, 1.165) is 22.7 Å². The number of benzene rings is 7. The zero-order chi connectivity index (χ0) is 30.2. The highest BCUT2D eigenvalue weighted by atomic mass is 32.2. The van der Waals surface area contributed by atoms with Crippen molar-refractivity contribution < 1.29 is 0 Å². The van der Waals surface area contributed by atoms with Crippen molar-refractivity contribution in [1.82, 2.24) is 9.13 Å². The molecule has 10 rings (SSSR count). The Labute approximate surface area is 270 Å². The molecule has 7 aromatic carbocycles. The Morgan fingerprint density at radius 3 is 1.74 bits per heavy atom. The number of hydrogen-bond acceptors (Lipinski definition) is 2. The first-order valence-electron chi connectivity index (χ1n) is 15.6. The Kier molecular flexibility index (Phi) is 5.51. The summed E-state index contributed by atoms with van der Waals surface area (Å²) in [5, 5.41) is 5.19. The van der Waals surface area contributed by atoms with Gasteiger partial charge in [0.15, 0.2) is 0 Å². The number of hydrogen-bond donors (Lipinski definition) is 0. The van der Waals surface area contributed by atoms with Gasteiger partial charge in [0.1, 0.15) is 0 Å². The molecule has 2 aromatic heterocycles. The highest BCUT2D eigenvalue weighted by Crippen LogP contribution is 2.51. The van der Waals surface area contributed by atoms with Crippen LogP contribution < -0.4 is 4.90 Å². The Morgan fingerprint density at radius 2 is 1.00 bits per heavy atom. The fraction of sp³-hybridized carbons (Fsp3) is 0. The van der Waals surface area contributed by atoms with Crippen molar-refractivity contribution in [2.45, 2.75) is 9.79 Å². The van der Waals surface area contributed by atoms with Gasteiger partial charge in [-0.05, 0) is 72.8 Å². The molecule has 0 atom stereocenters. The molecule has 4 heteroatoms.